The quantitative estimate of drug-likeness (QED) is 0.653. The zero-order chi connectivity index (χ0) is 11.8. The fourth-order valence-electron chi connectivity index (χ4n) is 2.17. The summed E-state index contributed by atoms with van der Waals surface area (Å²) in [5.41, 5.74) is 6.01. The highest BCUT2D eigenvalue weighted by Gasteiger charge is 2.12. The van der Waals surface area contributed by atoms with Gasteiger partial charge in [-0.15, -0.1) is 0 Å². The number of methoxy groups -OCH3 is 1. The van der Waals surface area contributed by atoms with Crippen LogP contribution in [0.5, 0.6) is 0 Å². The molecule has 16 heavy (non-hydrogen) atoms. The van der Waals surface area contributed by atoms with Crippen LogP contribution in [0, 0.1) is 0 Å². The van der Waals surface area contributed by atoms with Crippen LogP contribution in [-0.4, -0.2) is 69.3 Å². The van der Waals surface area contributed by atoms with Gasteiger partial charge in [-0.25, -0.2) is 0 Å². The molecule has 4 nitrogen and oxygen atoms in total. The molecule has 1 atom stereocenters. The molecule has 1 saturated heterocycles. The third kappa shape index (κ3) is 5.80. The van der Waals surface area contributed by atoms with Gasteiger partial charge in [-0.2, -0.15) is 0 Å². The van der Waals surface area contributed by atoms with Crippen LogP contribution >= 0.6 is 0 Å². The maximum absolute atomic E-state index is 6.01. The SMILES string of the molecule is COCCC(N)CN(C)CCN1CCCC1. The Morgan fingerprint density at radius 1 is 1.38 bits per heavy atom. The molecule has 1 aliphatic rings. The molecule has 0 aromatic carbocycles. The zero-order valence-corrected chi connectivity index (χ0v) is 10.8. The highest BCUT2D eigenvalue weighted by Crippen LogP contribution is 2.06. The normalized spacial score (nSPS) is 19.5. The fourth-order valence-corrected chi connectivity index (χ4v) is 2.17. The van der Waals surface area contributed by atoms with E-state index in [0.29, 0.717) is 0 Å². The minimum Gasteiger partial charge on any atom is -0.385 e. The van der Waals surface area contributed by atoms with Crippen molar-refractivity contribution in [2.75, 3.05) is 53.5 Å². The average molecular weight is 229 g/mol. The van der Waals surface area contributed by atoms with E-state index in [2.05, 4.69) is 16.8 Å². The van der Waals surface area contributed by atoms with E-state index in [9.17, 15) is 0 Å². The molecule has 0 bridgehead atoms. The third-order valence-corrected chi connectivity index (χ3v) is 3.24. The van der Waals surface area contributed by atoms with Gasteiger partial charge in [0, 0.05) is 39.4 Å². The highest BCUT2D eigenvalue weighted by atomic mass is 16.5. The Kier molecular flexibility index (Phi) is 6.96. The first-order valence-corrected chi connectivity index (χ1v) is 6.38. The number of nitrogens with two attached hydrogens (primary N) is 1. The van der Waals surface area contributed by atoms with Gasteiger partial charge in [0.05, 0.1) is 0 Å². The lowest BCUT2D eigenvalue weighted by molar-refractivity contribution is 0.177. The summed E-state index contributed by atoms with van der Waals surface area (Å²) in [5, 5.41) is 0. The summed E-state index contributed by atoms with van der Waals surface area (Å²) in [7, 11) is 3.88. The Morgan fingerprint density at radius 3 is 2.69 bits per heavy atom. The van der Waals surface area contributed by atoms with Crippen molar-refractivity contribution in [2.45, 2.75) is 25.3 Å². The van der Waals surface area contributed by atoms with Gasteiger partial charge in [0.1, 0.15) is 0 Å². The van der Waals surface area contributed by atoms with Gasteiger partial charge in [-0.1, -0.05) is 0 Å². The second-order valence-corrected chi connectivity index (χ2v) is 4.85. The molecule has 96 valence electrons. The number of nitrogens with zero attached hydrogens (tertiary/aromatic N) is 2. The first kappa shape index (κ1) is 13.9. The van der Waals surface area contributed by atoms with Crippen molar-refractivity contribution >= 4 is 0 Å². The van der Waals surface area contributed by atoms with Crippen LogP contribution in [0.1, 0.15) is 19.3 Å². The van der Waals surface area contributed by atoms with Crippen molar-refractivity contribution in [1.82, 2.24) is 9.80 Å². The van der Waals surface area contributed by atoms with Crippen LogP contribution in [0.3, 0.4) is 0 Å². The summed E-state index contributed by atoms with van der Waals surface area (Å²) in [4.78, 5) is 4.87. The van der Waals surface area contributed by atoms with Crippen LogP contribution in [0.25, 0.3) is 0 Å². The molecule has 1 unspecified atom stereocenters. The van der Waals surface area contributed by atoms with E-state index >= 15 is 0 Å². The van der Waals surface area contributed by atoms with E-state index in [4.69, 9.17) is 10.5 Å². The summed E-state index contributed by atoms with van der Waals surface area (Å²) in [6, 6.07) is 0.239. The van der Waals surface area contributed by atoms with E-state index in [1.54, 1.807) is 7.11 Å². The number of ether oxygens (including phenoxy) is 1. The Labute approximate surface area is 99.7 Å². The number of hydrogen-bond acceptors (Lipinski definition) is 4. The topological polar surface area (TPSA) is 41.7 Å². The minimum absolute atomic E-state index is 0.239. The highest BCUT2D eigenvalue weighted by molar-refractivity contribution is 4.70. The monoisotopic (exact) mass is 229 g/mol. The van der Waals surface area contributed by atoms with Gasteiger partial charge in [-0.05, 0) is 39.4 Å². The second-order valence-electron chi connectivity index (χ2n) is 4.85. The predicted molar refractivity (Wildman–Crippen MR) is 67.6 cm³/mol. The van der Waals surface area contributed by atoms with E-state index in [1.807, 2.05) is 0 Å². The van der Waals surface area contributed by atoms with Gasteiger partial charge in [0.2, 0.25) is 0 Å². The Balaban J connectivity index is 2.02. The maximum Gasteiger partial charge on any atom is 0.0477 e. The van der Waals surface area contributed by atoms with E-state index in [-0.39, 0.29) is 6.04 Å². The molecular formula is C12H27N3O. The molecule has 0 amide bonds. The summed E-state index contributed by atoms with van der Waals surface area (Å²) in [5.74, 6) is 0. The lowest BCUT2D eigenvalue weighted by Gasteiger charge is -2.23. The van der Waals surface area contributed by atoms with Crippen LogP contribution in [0.4, 0.5) is 0 Å². The number of rotatable bonds is 8. The maximum atomic E-state index is 6.01. The average Bonchev–Trinajstić information content (AvgIpc) is 2.76. The van der Waals surface area contributed by atoms with E-state index in [1.165, 1.54) is 32.5 Å². The second kappa shape index (κ2) is 8.01. The molecule has 1 rings (SSSR count). The minimum atomic E-state index is 0.239. The van der Waals surface area contributed by atoms with E-state index in [0.717, 1.165) is 26.1 Å². The van der Waals surface area contributed by atoms with Gasteiger partial charge >= 0.3 is 0 Å². The number of likely N-dealkylation sites (tertiary alicyclic amines) is 1. The largest absolute Gasteiger partial charge is 0.385 e. The molecule has 1 fully saturated rings. The molecule has 0 spiro atoms. The third-order valence-electron chi connectivity index (χ3n) is 3.24. The van der Waals surface area contributed by atoms with Gasteiger partial charge < -0.3 is 20.3 Å². The van der Waals surface area contributed by atoms with Crippen molar-refractivity contribution in [3.63, 3.8) is 0 Å². The molecule has 0 aromatic rings. The summed E-state index contributed by atoms with van der Waals surface area (Å²) >= 11 is 0. The first-order valence-electron chi connectivity index (χ1n) is 6.38. The smallest absolute Gasteiger partial charge is 0.0477 e. The van der Waals surface area contributed by atoms with Crippen molar-refractivity contribution in [3.8, 4) is 0 Å². The molecule has 0 aromatic heterocycles. The molecule has 0 aliphatic carbocycles. The fraction of sp³-hybridized carbons (Fsp3) is 1.00. The number of hydrogen-bond donors (Lipinski definition) is 1. The van der Waals surface area contributed by atoms with Crippen molar-refractivity contribution in [1.29, 1.82) is 0 Å². The molecular weight excluding hydrogens is 202 g/mol. The lowest BCUT2D eigenvalue weighted by Crippen LogP contribution is -2.39. The van der Waals surface area contributed by atoms with Crippen LogP contribution < -0.4 is 5.73 Å². The Morgan fingerprint density at radius 2 is 2.06 bits per heavy atom. The molecule has 4 heteroatoms. The first-order chi connectivity index (χ1) is 7.72. The lowest BCUT2D eigenvalue weighted by atomic mass is 10.2. The molecule has 0 saturated carbocycles. The molecule has 1 aliphatic heterocycles. The van der Waals surface area contributed by atoms with Crippen molar-refractivity contribution in [2.24, 2.45) is 5.73 Å². The summed E-state index contributed by atoms with van der Waals surface area (Å²) in [6.45, 7) is 6.61. The van der Waals surface area contributed by atoms with Crippen LogP contribution in [0.15, 0.2) is 0 Å². The molecule has 1 heterocycles. The zero-order valence-electron chi connectivity index (χ0n) is 10.8. The Bertz CT molecular complexity index is 172. The summed E-state index contributed by atoms with van der Waals surface area (Å²) in [6.07, 6.45) is 3.69. The van der Waals surface area contributed by atoms with Gasteiger partial charge in [0.15, 0.2) is 0 Å². The van der Waals surface area contributed by atoms with Crippen molar-refractivity contribution < 1.29 is 4.74 Å². The van der Waals surface area contributed by atoms with E-state index < -0.39 is 0 Å². The molecule has 2 N–H and O–H groups in total. The standard InChI is InChI=1S/C12H27N3O/c1-14(11-12(13)5-10-16-2)8-9-15-6-3-4-7-15/h12H,3-11,13H2,1-2H3. The van der Waals surface area contributed by atoms with Gasteiger partial charge in [-0.3, -0.25) is 0 Å². The van der Waals surface area contributed by atoms with Gasteiger partial charge in [0.25, 0.3) is 0 Å². The van der Waals surface area contributed by atoms with Crippen LogP contribution in [0.2, 0.25) is 0 Å². The van der Waals surface area contributed by atoms with Crippen LogP contribution in [-0.2, 0) is 4.74 Å². The predicted octanol–water partition coefficient (Wildman–Crippen LogP) is 0.378. The Hall–Kier alpha value is -0.160. The van der Waals surface area contributed by atoms with Crippen molar-refractivity contribution in [3.05, 3.63) is 0 Å². The summed E-state index contributed by atoms with van der Waals surface area (Å²) < 4.78 is 5.03. The molecule has 0 radical (unpaired) electrons. The number of likely N-dealkylation sites (N-methyl/N-ethyl adjacent to an activating group) is 1.